The highest BCUT2D eigenvalue weighted by Gasteiger charge is 2.18. The number of thioether (sulfide) groups is 1. The van der Waals surface area contributed by atoms with Crippen LogP contribution in [-0.2, 0) is 12.3 Å². The fraction of sp³-hybridized carbons (Fsp3) is 0.125. The lowest BCUT2D eigenvalue weighted by Crippen LogP contribution is -2.24. The van der Waals surface area contributed by atoms with Gasteiger partial charge in [0.05, 0.1) is 19.3 Å². The summed E-state index contributed by atoms with van der Waals surface area (Å²) in [5.74, 6) is 1.01. The molecule has 0 aliphatic rings. The summed E-state index contributed by atoms with van der Waals surface area (Å²) in [6.07, 6.45) is 0. The molecule has 6 nitrogen and oxygen atoms in total. The Kier molecular flexibility index (Phi) is 7.41. The Bertz CT molecular complexity index is 1260. The number of amides is 1. The third-order valence-electron chi connectivity index (χ3n) is 4.80. The number of nitrogens with zero attached hydrogens (tertiary/aromatic N) is 3. The summed E-state index contributed by atoms with van der Waals surface area (Å²) in [4.78, 5) is 12.5. The summed E-state index contributed by atoms with van der Waals surface area (Å²) in [7, 11) is 1.60. The van der Waals surface area contributed by atoms with Gasteiger partial charge < -0.3 is 10.1 Å². The van der Waals surface area contributed by atoms with Crippen LogP contribution in [0, 0.1) is 5.82 Å². The molecule has 1 amide bonds. The topological polar surface area (TPSA) is 69.0 Å². The van der Waals surface area contributed by atoms with Crippen LogP contribution in [0.5, 0.6) is 5.75 Å². The van der Waals surface area contributed by atoms with Crippen molar-refractivity contribution < 1.29 is 13.9 Å². The van der Waals surface area contributed by atoms with Gasteiger partial charge in [-0.15, -0.1) is 10.2 Å². The summed E-state index contributed by atoms with van der Waals surface area (Å²) in [5, 5.41) is 12.1. The van der Waals surface area contributed by atoms with Crippen LogP contribution in [0.1, 0.15) is 21.7 Å². The van der Waals surface area contributed by atoms with Crippen molar-refractivity contribution in [1.29, 1.82) is 0 Å². The van der Waals surface area contributed by atoms with Gasteiger partial charge in [0.25, 0.3) is 5.91 Å². The van der Waals surface area contributed by atoms with Crippen molar-refractivity contribution in [1.82, 2.24) is 20.1 Å². The molecular formula is C24H20BrFN4O2S. The molecule has 33 heavy (non-hydrogen) atoms. The number of rotatable bonds is 8. The Morgan fingerprint density at radius 1 is 1.09 bits per heavy atom. The Morgan fingerprint density at radius 3 is 2.64 bits per heavy atom. The van der Waals surface area contributed by atoms with Crippen LogP contribution < -0.4 is 10.1 Å². The average Bonchev–Trinajstić information content (AvgIpc) is 3.24. The van der Waals surface area contributed by atoms with Gasteiger partial charge in [0, 0.05) is 15.8 Å². The molecule has 4 aromatic rings. The molecule has 0 atom stereocenters. The molecule has 0 aliphatic heterocycles. The second-order valence-corrected chi connectivity index (χ2v) is 8.87. The molecule has 0 aliphatic carbocycles. The summed E-state index contributed by atoms with van der Waals surface area (Å²) in [6.45, 7) is 0.110. The van der Waals surface area contributed by atoms with Gasteiger partial charge in [0.2, 0.25) is 0 Å². The van der Waals surface area contributed by atoms with Crippen LogP contribution in [0.25, 0.3) is 5.69 Å². The van der Waals surface area contributed by atoms with Gasteiger partial charge in [-0.1, -0.05) is 58.0 Å². The molecule has 0 fully saturated rings. The zero-order valence-electron chi connectivity index (χ0n) is 17.7. The van der Waals surface area contributed by atoms with Crippen molar-refractivity contribution in [3.05, 3.63) is 100 Å². The molecule has 3 aromatic carbocycles. The number of ether oxygens (including phenoxy) is 1. The third-order valence-corrected chi connectivity index (χ3v) is 6.33. The predicted octanol–water partition coefficient (Wildman–Crippen LogP) is 5.40. The monoisotopic (exact) mass is 526 g/mol. The predicted molar refractivity (Wildman–Crippen MR) is 129 cm³/mol. The lowest BCUT2D eigenvalue weighted by atomic mass is 10.2. The minimum Gasteiger partial charge on any atom is -0.495 e. The first-order valence-electron chi connectivity index (χ1n) is 10.0. The average molecular weight is 527 g/mol. The van der Waals surface area contributed by atoms with Crippen LogP contribution in [-0.4, -0.2) is 27.8 Å². The number of carbonyl (C=O) groups is 1. The number of carbonyl (C=O) groups excluding carboxylic acids is 1. The summed E-state index contributed by atoms with van der Waals surface area (Å²) < 4.78 is 21.9. The fourth-order valence-corrected chi connectivity index (χ4v) is 4.37. The van der Waals surface area contributed by atoms with E-state index in [1.807, 2.05) is 53.1 Å². The maximum Gasteiger partial charge on any atom is 0.251 e. The second-order valence-electron chi connectivity index (χ2n) is 7.01. The lowest BCUT2D eigenvalue weighted by Gasteiger charge is -2.14. The Morgan fingerprint density at radius 2 is 1.88 bits per heavy atom. The normalized spacial score (nSPS) is 10.8. The third kappa shape index (κ3) is 5.61. The summed E-state index contributed by atoms with van der Waals surface area (Å²) >= 11 is 4.98. The van der Waals surface area contributed by atoms with E-state index in [1.54, 1.807) is 13.2 Å². The molecule has 0 spiro atoms. The van der Waals surface area contributed by atoms with E-state index in [1.165, 1.54) is 30.0 Å². The van der Waals surface area contributed by atoms with Crippen LogP contribution in [0.3, 0.4) is 0 Å². The maximum absolute atomic E-state index is 13.5. The van der Waals surface area contributed by atoms with Crippen molar-refractivity contribution >= 4 is 33.6 Å². The Hall–Kier alpha value is -3.17. The Balaban J connectivity index is 1.60. The van der Waals surface area contributed by atoms with Gasteiger partial charge >= 0.3 is 0 Å². The van der Waals surface area contributed by atoms with Gasteiger partial charge in [0.1, 0.15) is 11.6 Å². The van der Waals surface area contributed by atoms with Gasteiger partial charge in [-0.2, -0.15) is 0 Å². The van der Waals surface area contributed by atoms with Crippen molar-refractivity contribution in [3.8, 4) is 11.4 Å². The molecule has 9 heteroatoms. The van der Waals surface area contributed by atoms with Crippen molar-refractivity contribution in [2.24, 2.45) is 0 Å². The largest absolute Gasteiger partial charge is 0.495 e. The second kappa shape index (κ2) is 10.6. The van der Waals surface area contributed by atoms with E-state index in [0.29, 0.717) is 22.5 Å². The van der Waals surface area contributed by atoms with E-state index in [0.717, 1.165) is 15.7 Å². The Labute approximate surface area is 203 Å². The number of hydrogen-bond acceptors (Lipinski definition) is 5. The van der Waals surface area contributed by atoms with E-state index in [4.69, 9.17) is 4.74 Å². The first-order chi connectivity index (χ1) is 16.0. The van der Waals surface area contributed by atoms with Crippen molar-refractivity contribution in [2.75, 3.05) is 7.11 Å². The van der Waals surface area contributed by atoms with Crippen molar-refractivity contribution in [3.63, 3.8) is 0 Å². The number of aromatic nitrogens is 3. The molecule has 0 bridgehead atoms. The molecule has 0 saturated carbocycles. The molecule has 0 radical (unpaired) electrons. The number of hydrogen-bond donors (Lipinski definition) is 1. The van der Waals surface area contributed by atoms with Crippen LogP contribution in [0.2, 0.25) is 0 Å². The highest BCUT2D eigenvalue weighted by atomic mass is 79.9. The van der Waals surface area contributed by atoms with E-state index in [2.05, 4.69) is 31.4 Å². The van der Waals surface area contributed by atoms with E-state index in [9.17, 15) is 9.18 Å². The zero-order valence-corrected chi connectivity index (χ0v) is 20.1. The number of benzene rings is 3. The summed E-state index contributed by atoms with van der Waals surface area (Å²) in [6, 6.07) is 21.2. The minimum absolute atomic E-state index is 0.110. The number of nitrogens with one attached hydrogen (secondary N) is 1. The van der Waals surface area contributed by atoms with E-state index >= 15 is 0 Å². The fourth-order valence-electron chi connectivity index (χ4n) is 3.18. The highest BCUT2D eigenvalue weighted by Crippen LogP contribution is 2.30. The molecule has 0 unspecified atom stereocenters. The maximum atomic E-state index is 13.5. The molecule has 1 heterocycles. The van der Waals surface area contributed by atoms with Crippen LogP contribution in [0.15, 0.2) is 82.4 Å². The molecule has 1 N–H and O–H groups in total. The lowest BCUT2D eigenvalue weighted by molar-refractivity contribution is 0.0949. The number of methoxy groups -OCH3 is 1. The first-order valence-corrected chi connectivity index (χ1v) is 11.8. The van der Waals surface area contributed by atoms with Gasteiger partial charge in [-0.3, -0.25) is 9.36 Å². The number of para-hydroxylation sites is 2. The standard InChI is InChI=1S/C24H20BrFN4O2S/c1-32-21-8-3-2-7-20(21)30-22(14-27-23(31)17-5-4-6-19(26)13-17)28-29-24(30)33-15-16-9-11-18(25)12-10-16/h2-13H,14-15H2,1H3,(H,27,31). The number of halogens is 2. The zero-order chi connectivity index (χ0) is 23.2. The molecule has 4 rings (SSSR count). The molecule has 168 valence electrons. The summed E-state index contributed by atoms with van der Waals surface area (Å²) in [5.41, 5.74) is 2.14. The van der Waals surface area contributed by atoms with E-state index in [-0.39, 0.29) is 12.1 Å². The molecule has 1 aromatic heterocycles. The van der Waals surface area contributed by atoms with E-state index < -0.39 is 11.7 Å². The van der Waals surface area contributed by atoms with Crippen molar-refractivity contribution in [2.45, 2.75) is 17.5 Å². The van der Waals surface area contributed by atoms with Crippen LogP contribution in [0.4, 0.5) is 4.39 Å². The van der Waals surface area contributed by atoms with Crippen LogP contribution >= 0.6 is 27.7 Å². The van der Waals surface area contributed by atoms with Gasteiger partial charge in [-0.25, -0.2) is 4.39 Å². The van der Waals surface area contributed by atoms with Gasteiger partial charge in [0.15, 0.2) is 11.0 Å². The highest BCUT2D eigenvalue weighted by molar-refractivity contribution is 9.10. The first kappa shape index (κ1) is 23.0. The minimum atomic E-state index is -0.466. The molecular weight excluding hydrogens is 507 g/mol. The SMILES string of the molecule is COc1ccccc1-n1c(CNC(=O)c2cccc(F)c2)nnc1SCc1ccc(Br)cc1. The quantitative estimate of drug-likeness (QED) is 0.311. The molecule has 0 saturated heterocycles. The van der Waals surface area contributed by atoms with Gasteiger partial charge in [-0.05, 0) is 48.0 Å². The smallest absolute Gasteiger partial charge is 0.251 e.